The number of aliphatic carboxylic acids is 1. The van der Waals surface area contributed by atoms with Crippen molar-refractivity contribution in [2.75, 3.05) is 6.54 Å². The monoisotopic (exact) mass is 558 g/mol. The molecule has 4 atom stereocenters. The number of fused-ring (bicyclic) bond motifs is 1. The number of amides is 3. The fourth-order valence-corrected chi connectivity index (χ4v) is 4.23. The fourth-order valence-electron chi connectivity index (χ4n) is 4.23. The summed E-state index contributed by atoms with van der Waals surface area (Å²) in [7, 11) is 0. The Morgan fingerprint density at radius 2 is 1.55 bits per heavy atom. The smallest absolute Gasteiger partial charge is 0.326 e. The molecule has 0 aliphatic heterocycles. The molecular weight excluding hydrogens is 516 g/mol. The number of carbonyl (C=O) groups excluding carboxylic acids is 3. The molecule has 0 bridgehead atoms. The number of carboxylic acids is 1. The van der Waals surface area contributed by atoms with Crippen molar-refractivity contribution in [2.24, 2.45) is 34.0 Å². The second-order valence-corrected chi connectivity index (χ2v) is 10.5. The van der Waals surface area contributed by atoms with Gasteiger partial charge in [0, 0.05) is 23.6 Å². The zero-order valence-electron chi connectivity index (χ0n) is 23.4. The molecule has 1 aromatic heterocycles. The lowest BCUT2D eigenvalue weighted by molar-refractivity contribution is -0.143. The summed E-state index contributed by atoms with van der Waals surface area (Å²) in [5.74, 6) is -3.79. The number of carbonyl (C=O) groups is 4. The highest BCUT2D eigenvalue weighted by molar-refractivity contribution is 5.94. The fraction of sp³-hybridized carbons (Fsp3) is 0.519. The van der Waals surface area contributed by atoms with E-state index in [0.717, 1.165) is 16.5 Å². The van der Waals surface area contributed by atoms with Crippen molar-refractivity contribution >= 4 is 40.6 Å². The van der Waals surface area contributed by atoms with Crippen LogP contribution >= 0.6 is 0 Å². The topological polar surface area (TPSA) is 231 Å². The maximum atomic E-state index is 13.3. The first-order valence-corrected chi connectivity index (χ1v) is 13.3. The molecule has 0 saturated heterocycles. The van der Waals surface area contributed by atoms with Gasteiger partial charge in [-0.15, -0.1) is 0 Å². The molecule has 13 nitrogen and oxygen atoms in total. The highest BCUT2D eigenvalue weighted by Gasteiger charge is 2.32. The third-order valence-corrected chi connectivity index (χ3v) is 6.51. The van der Waals surface area contributed by atoms with Gasteiger partial charge in [0.15, 0.2) is 5.96 Å². The Hall–Kier alpha value is -4.13. The Kier molecular flexibility index (Phi) is 11.9. The first kappa shape index (κ1) is 32.1. The maximum Gasteiger partial charge on any atom is 0.326 e. The van der Waals surface area contributed by atoms with E-state index in [1.54, 1.807) is 33.9 Å². The molecule has 0 aliphatic carbocycles. The Bertz CT molecular complexity index is 1200. The van der Waals surface area contributed by atoms with Crippen molar-refractivity contribution in [2.45, 2.75) is 71.1 Å². The minimum Gasteiger partial charge on any atom is -0.480 e. The molecule has 3 amide bonds. The minimum absolute atomic E-state index is 0.0968. The standard InChI is InChI=1S/C27H42N8O5/c1-14(2)21(25(38)35-22(15(3)4)26(39)40)34-24(37)20(10-7-11-31-27(29)30)33-23(36)18(28)12-16-13-32-19-9-6-5-8-17(16)19/h5-6,8-9,13-15,18,20-22,32H,7,10-12,28H2,1-4H3,(H,33,36)(H,34,37)(H,35,38)(H,39,40)(H4,29,30,31). The number of para-hydroxylation sites is 1. The van der Waals surface area contributed by atoms with E-state index in [1.165, 1.54) is 0 Å². The van der Waals surface area contributed by atoms with Crippen molar-refractivity contribution in [3.63, 3.8) is 0 Å². The number of nitrogens with two attached hydrogens (primary N) is 3. The molecular formula is C27H42N8O5. The number of hydrogen-bond acceptors (Lipinski definition) is 6. The quantitative estimate of drug-likeness (QED) is 0.0836. The zero-order chi connectivity index (χ0) is 30.0. The molecule has 0 aliphatic rings. The lowest BCUT2D eigenvalue weighted by Crippen LogP contribution is -2.59. The minimum atomic E-state index is -1.17. The number of hydrogen-bond donors (Lipinski definition) is 8. The number of nitrogens with zero attached hydrogens (tertiary/aromatic N) is 1. The number of H-pyrrole nitrogens is 1. The predicted octanol–water partition coefficient (Wildman–Crippen LogP) is -0.0577. The van der Waals surface area contributed by atoms with Crippen molar-refractivity contribution in [1.82, 2.24) is 20.9 Å². The van der Waals surface area contributed by atoms with E-state index in [2.05, 4.69) is 25.9 Å². The van der Waals surface area contributed by atoms with E-state index < -0.39 is 47.9 Å². The van der Waals surface area contributed by atoms with Crippen LogP contribution < -0.4 is 33.2 Å². The normalized spacial score (nSPS) is 14.3. The highest BCUT2D eigenvalue weighted by atomic mass is 16.4. The highest BCUT2D eigenvalue weighted by Crippen LogP contribution is 2.19. The average Bonchev–Trinajstić information content (AvgIpc) is 3.29. The Morgan fingerprint density at radius 1 is 0.925 bits per heavy atom. The summed E-state index contributed by atoms with van der Waals surface area (Å²) in [6, 6.07) is 3.50. The zero-order valence-corrected chi connectivity index (χ0v) is 23.4. The molecule has 2 rings (SSSR count). The van der Waals surface area contributed by atoms with Crippen LogP contribution in [0.15, 0.2) is 35.5 Å². The summed E-state index contributed by atoms with van der Waals surface area (Å²) in [5, 5.41) is 18.3. The van der Waals surface area contributed by atoms with E-state index >= 15 is 0 Å². The van der Waals surface area contributed by atoms with Gasteiger partial charge in [0.1, 0.15) is 18.1 Å². The van der Waals surface area contributed by atoms with E-state index in [-0.39, 0.29) is 37.2 Å². The molecule has 2 aromatic rings. The number of aromatic nitrogens is 1. The van der Waals surface area contributed by atoms with Gasteiger partial charge in [-0.2, -0.15) is 0 Å². The van der Waals surface area contributed by atoms with Crippen LogP contribution in [0.5, 0.6) is 0 Å². The molecule has 1 aromatic carbocycles. The summed E-state index contributed by atoms with van der Waals surface area (Å²) in [5.41, 5.74) is 18.8. The Balaban J connectivity index is 2.16. The first-order chi connectivity index (χ1) is 18.8. The number of benzene rings is 1. The van der Waals surface area contributed by atoms with Gasteiger partial charge in [-0.05, 0) is 42.7 Å². The first-order valence-electron chi connectivity index (χ1n) is 13.3. The van der Waals surface area contributed by atoms with Crippen molar-refractivity contribution < 1.29 is 24.3 Å². The number of aromatic amines is 1. The van der Waals surface area contributed by atoms with Gasteiger partial charge in [0.2, 0.25) is 17.7 Å². The van der Waals surface area contributed by atoms with Crippen LogP contribution in [0.4, 0.5) is 0 Å². The molecule has 11 N–H and O–H groups in total. The van der Waals surface area contributed by atoms with Gasteiger partial charge in [-0.3, -0.25) is 19.4 Å². The van der Waals surface area contributed by atoms with Crippen LogP contribution in [0.2, 0.25) is 0 Å². The van der Waals surface area contributed by atoms with E-state index in [0.29, 0.717) is 6.42 Å². The summed E-state index contributed by atoms with van der Waals surface area (Å²) >= 11 is 0. The third kappa shape index (κ3) is 9.26. The summed E-state index contributed by atoms with van der Waals surface area (Å²) in [4.78, 5) is 58.0. The summed E-state index contributed by atoms with van der Waals surface area (Å²) in [6.07, 6.45) is 2.57. The summed E-state index contributed by atoms with van der Waals surface area (Å²) < 4.78 is 0. The number of carboxylic acid groups (broad SMARTS) is 1. The summed E-state index contributed by atoms with van der Waals surface area (Å²) in [6.45, 7) is 7.01. The van der Waals surface area contributed by atoms with Gasteiger partial charge < -0.3 is 43.2 Å². The van der Waals surface area contributed by atoms with Gasteiger partial charge in [-0.1, -0.05) is 45.9 Å². The third-order valence-electron chi connectivity index (χ3n) is 6.51. The van der Waals surface area contributed by atoms with Gasteiger partial charge in [-0.25, -0.2) is 4.79 Å². The second-order valence-electron chi connectivity index (χ2n) is 10.5. The van der Waals surface area contributed by atoms with Crippen LogP contribution in [-0.2, 0) is 25.6 Å². The van der Waals surface area contributed by atoms with Crippen LogP contribution in [0.3, 0.4) is 0 Å². The molecule has 13 heteroatoms. The molecule has 0 saturated carbocycles. The van der Waals surface area contributed by atoms with Gasteiger partial charge in [0.05, 0.1) is 6.04 Å². The lowest BCUT2D eigenvalue weighted by atomic mass is 9.99. The van der Waals surface area contributed by atoms with Crippen molar-refractivity contribution in [3.8, 4) is 0 Å². The molecule has 0 radical (unpaired) electrons. The molecule has 4 unspecified atom stereocenters. The van der Waals surface area contributed by atoms with Gasteiger partial charge >= 0.3 is 5.97 Å². The van der Waals surface area contributed by atoms with E-state index in [1.807, 2.05) is 24.3 Å². The van der Waals surface area contributed by atoms with Crippen LogP contribution in [0, 0.1) is 11.8 Å². The van der Waals surface area contributed by atoms with Gasteiger partial charge in [0.25, 0.3) is 0 Å². The van der Waals surface area contributed by atoms with E-state index in [9.17, 15) is 24.3 Å². The van der Waals surface area contributed by atoms with Crippen LogP contribution in [0.25, 0.3) is 10.9 Å². The van der Waals surface area contributed by atoms with Crippen LogP contribution in [0.1, 0.15) is 46.1 Å². The molecule has 0 fully saturated rings. The van der Waals surface area contributed by atoms with Crippen molar-refractivity contribution in [1.29, 1.82) is 0 Å². The number of aliphatic imine (C=N–C) groups is 1. The van der Waals surface area contributed by atoms with Crippen molar-refractivity contribution in [3.05, 3.63) is 36.0 Å². The Morgan fingerprint density at radius 3 is 2.15 bits per heavy atom. The number of guanidine groups is 1. The average molecular weight is 559 g/mol. The number of nitrogens with one attached hydrogen (secondary N) is 4. The molecule has 0 spiro atoms. The Labute approximate surface area is 233 Å². The lowest BCUT2D eigenvalue weighted by Gasteiger charge is -2.28. The largest absolute Gasteiger partial charge is 0.480 e. The van der Waals surface area contributed by atoms with Crippen LogP contribution in [-0.4, -0.2) is 70.5 Å². The SMILES string of the molecule is CC(C)C(NC(=O)C(NC(=O)C(CCCN=C(N)N)NC(=O)C(N)Cc1c[nH]c2ccccc12)C(C)C)C(=O)O. The van der Waals surface area contributed by atoms with E-state index in [4.69, 9.17) is 17.2 Å². The second kappa shape index (κ2) is 14.9. The number of rotatable bonds is 15. The predicted molar refractivity (Wildman–Crippen MR) is 153 cm³/mol. The molecule has 220 valence electrons. The maximum absolute atomic E-state index is 13.3. The molecule has 40 heavy (non-hydrogen) atoms. The molecule has 1 heterocycles.